The molecule has 1 fully saturated rings. The van der Waals surface area contributed by atoms with Crippen LogP contribution in [0.4, 0.5) is 0 Å². The lowest BCUT2D eigenvalue weighted by atomic mass is 9.86. The average Bonchev–Trinajstić information content (AvgIpc) is 2.34. The number of nitrogens with one attached hydrogen (secondary N) is 1. The molecular weight excluding hydrogens is 212 g/mol. The van der Waals surface area contributed by atoms with E-state index in [9.17, 15) is 4.79 Å². The van der Waals surface area contributed by atoms with E-state index in [-0.39, 0.29) is 11.9 Å². The molecule has 1 unspecified atom stereocenters. The fraction of sp³-hybridized carbons (Fsp3) is 0.929. The van der Waals surface area contributed by atoms with E-state index in [1.807, 2.05) is 0 Å². The third-order valence-electron chi connectivity index (χ3n) is 3.91. The van der Waals surface area contributed by atoms with Gasteiger partial charge in [0.2, 0.25) is 5.91 Å². The molecule has 0 aromatic heterocycles. The Morgan fingerprint density at radius 1 is 1.29 bits per heavy atom. The van der Waals surface area contributed by atoms with Gasteiger partial charge in [-0.05, 0) is 18.3 Å². The normalized spacial score (nSPS) is 19.3. The van der Waals surface area contributed by atoms with Crippen LogP contribution in [0.15, 0.2) is 0 Å². The highest BCUT2D eigenvalue weighted by Gasteiger charge is 2.17. The Morgan fingerprint density at radius 2 is 1.94 bits per heavy atom. The summed E-state index contributed by atoms with van der Waals surface area (Å²) in [5.41, 5.74) is 5.65. The number of carbonyl (C=O) groups is 1. The molecule has 1 saturated carbocycles. The van der Waals surface area contributed by atoms with Crippen LogP contribution in [0.2, 0.25) is 0 Å². The van der Waals surface area contributed by atoms with E-state index in [2.05, 4.69) is 19.2 Å². The van der Waals surface area contributed by atoms with Crippen molar-refractivity contribution < 1.29 is 4.79 Å². The Balaban J connectivity index is 2.19. The molecule has 3 nitrogen and oxygen atoms in total. The molecule has 0 bridgehead atoms. The molecule has 0 heterocycles. The van der Waals surface area contributed by atoms with E-state index in [1.165, 1.54) is 32.1 Å². The molecule has 0 aliphatic heterocycles. The summed E-state index contributed by atoms with van der Waals surface area (Å²) in [6.45, 7) is 4.73. The molecule has 1 rings (SSSR count). The summed E-state index contributed by atoms with van der Waals surface area (Å²) in [5.74, 6) is 1.38. The fourth-order valence-corrected chi connectivity index (χ4v) is 2.59. The average molecular weight is 240 g/mol. The van der Waals surface area contributed by atoms with Crippen LogP contribution in [-0.4, -0.2) is 18.5 Å². The van der Waals surface area contributed by atoms with Gasteiger partial charge in [0.25, 0.3) is 0 Å². The number of nitrogens with two attached hydrogens (primary N) is 1. The smallest absolute Gasteiger partial charge is 0.220 e. The first-order valence-electron chi connectivity index (χ1n) is 7.13. The lowest BCUT2D eigenvalue weighted by Crippen LogP contribution is -2.43. The second-order valence-corrected chi connectivity index (χ2v) is 5.70. The van der Waals surface area contributed by atoms with Crippen molar-refractivity contribution in [2.45, 2.75) is 64.8 Å². The van der Waals surface area contributed by atoms with Crippen molar-refractivity contribution in [3.05, 3.63) is 0 Å². The zero-order valence-electron chi connectivity index (χ0n) is 11.4. The van der Waals surface area contributed by atoms with Crippen LogP contribution in [-0.2, 0) is 4.79 Å². The largest absolute Gasteiger partial charge is 0.352 e. The quantitative estimate of drug-likeness (QED) is 0.749. The van der Waals surface area contributed by atoms with Crippen molar-refractivity contribution in [2.24, 2.45) is 17.6 Å². The lowest BCUT2D eigenvalue weighted by molar-refractivity contribution is -0.122. The highest BCUT2D eigenvalue weighted by Crippen LogP contribution is 2.27. The number of rotatable bonds is 6. The molecule has 1 aliphatic rings. The van der Waals surface area contributed by atoms with Crippen molar-refractivity contribution in [1.82, 2.24) is 5.32 Å². The molecule has 17 heavy (non-hydrogen) atoms. The van der Waals surface area contributed by atoms with Crippen molar-refractivity contribution in [3.8, 4) is 0 Å². The summed E-state index contributed by atoms with van der Waals surface area (Å²) in [4.78, 5) is 11.8. The standard InChI is InChI=1S/C14H28N2O/c1-11(2)13(10-15)16-14(17)9-8-12-6-4-3-5-7-12/h11-13H,3-10,15H2,1-2H3,(H,16,17). The molecular formula is C14H28N2O. The minimum absolute atomic E-state index is 0.133. The number of amides is 1. The van der Waals surface area contributed by atoms with Gasteiger partial charge in [-0.2, -0.15) is 0 Å². The van der Waals surface area contributed by atoms with Gasteiger partial charge in [-0.15, -0.1) is 0 Å². The molecule has 0 saturated heterocycles. The van der Waals surface area contributed by atoms with Gasteiger partial charge < -0.3 is 11.1 Å². The summed E-state index contributed by atoms with van der Waals surface area (Å²) in [5, 5.41) is 3.04. The predicted octanol–water partition coefficient (Wildman–Crippen LogP) is 2.45. The van der Waals surface area contributed by atoms with Crippen LogP contribution in [0.3, 0.4) is 0 Å². The fourth-order valence-electron chi connectivity index (χ4n) is 2.59. The van der Waals surface area contributed by atoms with Crippen LogP contribution >= 0.6 is 0 Å². The molecule has 0 aromatic carbocycles. The monoisotopic (exact) mass is 240 g/mol. The number of carbonyl (C=O) groups excluding carboxylic acids is 1. The molecule has 0 spiro atoms. The topological polar surface area (TPSA) is 55.1 Å². The Hall–Kier alpha value is -0.570. The maximum Gasteiger partial charge on any atom is 0.220 e. The van der Waals surface area contributed by atoms with Gasteiger partial charge >= 0.3 is 0 Å². The maximum absolute atomic E-state index is 11.8. The summed E-state index contributed by atoms with van der Waals surface area (Å²) in [6.07, 6.45) is 8.45. The molecule has 1 aliphatic carbocycles. The van der Waals surface area contributed by atoms with Crippen LogP contribution in [0, 0.1) is 11.8 Å². The van der Waals surface area contributed by atoms with Crippen LogP contribution in [0.1, 0.15) is 58.8 Å². The summed E-state index contributed by atoms with van der Waals surface area (Å²) >= 11 is 0. The Labute approximate surface area is 106 Å². The Morgan fingerprint density at radius 3 is 2.47 bits per heavy atom. The number of hydrogen-bond acceptors (Lipinski definition) is 2. The van der Waals surface area contributed by atoms with E-state index in [0.29, 0.717) is 18.9 Å². The minimum atomic E-state index is 0.133. The molecule has 0 aromatic rings. The third-order valence-corrected chi connectivity index (χ3v) is 3.91. The van der Waals surface area contributed by atoms with E-state index in [0.717, 1.165) is 12.3 Å². The molecule has 3 N–H and O–H groups in total. The van der Waals surface area contributed by atoms with Crippen molar-refractivity contribution in [3.63, 3.8) is 0 Å². The van der Waals surface area contributed by atoms with E-state index < -0.39 is 0 Å². The van der Waals surface area contributed by atoms with Gasteiger partial charge in [0, 0.05) is 19.0 Å². The predicted molar refractivity (Wildman–Crippen MR) is 71.6 cm³/mol. The van der Waals surface area contributed by atoms with Gasteiger partial charge in [-0.3, -0.25) is 4.79 Å². The van der Waals surface area contributed by atoms with E-state index >= 15 is 0 Å². The SMILES string of the molecule is CC(C)C(CN)NC(=O)CCC1CCCCC1. The Kier molecular flexibility index (Phi) is 6.56. The van der Waals surface area contributed by atoms with Crippen molar-refractivity contribution in [2.75, 3.05) is 6.54 Å². The molecule has 1 atom stereocenters. The van der Waals surface area contributed by atoms with Crippen LogP contribution in [0.25, 0.3) is 0 Å². The zero-order chi connectivity index (χ0) is 12.7. The number of hydrogen-bond donors (Lipinski definition) is 2. The summed E-state index contributed by atoms with van der Waals surface area (Å²) in [6, 6.07) is 0.133. The minimum Gasteiger partial charge on any atom is -0.352 e. The van der Waals surface area contributed by atoms with Gasteiger partial charge in [-0.25, -0.2) is 0 Å². The van der Waals surface area contributed by atoms with Crippen LogP contribution < -0.4 is 11.1 Å². The van der Waals surface area contributed by atoms with Crippen LogP contribution in [0.5, 0.6) is 0 Å². The molecule has 1 amide bonds. The van der Waals surface area contributed by atoms with Gasteiger partial charge in [0.15, 0.2) is 0 Å². The highest BCUT2D eigenvalue weighted by molar-refractivity contribution is 5.76. The maximum atomic E-state index is 11.8. The zero-order valence-corrected chi connectivity index (χ0v) is 11.4. The Bertz CT molecular complexity index is 222. The van der Waals surface area contributed by atoms with Gasteiger partial charge in [-0.1, -0.05) is 46.0 Å². The first-order chi connectivity index (χ1) is 8.13. The van der Waals surface area contributed by atoms with Gasteiger partial charge in [0.05, 0.1) is 0 Å². The second-order valence-electron chi connectivity index (χ2n) is 5.70. The molecule has 3 heteroatoms. The highest BCUT2D eigenvalue weighted by atomic mass is 16.1. The molecule has 100 valence electrons. The lowest BCUT2D eigenvalue weighted by Gasteiger charge is -2.23. The summed E-state index contributed by atoms with van der Waals surface area (Å²) in [7, 11) is 0. The van der Waals surface area contributed by atoms with E-state index in [4.69, 9.17) is 5.73 Å². The first-order valence-corrected chi connectivity index (χ1v) is 7.13. The third kappa shape index (κ3) is 5.53. The molecule has 0 radical (unpaired) electrons. The first kappa shape index (κ1) is 14.5. The van der Waals surface area contributed by atoms with Gasteiger partial charge in [0.1, 0.15) is 0 Å². The summed E-state index contributed by atoms with van der Waals surface area (Å²) < 4.78 is 0. The van der Waals surface area contributed by atoms with E-state index in [1.54, 1.807) is 0 Å². The second kappa shape index (κ2) is 7.70. The van der Waals surface area contributed by atoms with Crippen molar-refractivity contribution >= 4 is 5.91 Å². The van der Waals surface area contributed by atoms with Crippen molar-refractivity contribution in [1.29, 1.82) is 0 Å².